The van der Waals surface area contributed by atoms with E-state index in [1.54, 1.807) is 10.9 Å². The SMILES string of the molecule is CC(C)n1cc(Nc2nc(N)c3cc[nH]c3n2)c(Cl)n1.CCC1CC1. The van der Waals surface area contributed by atoms with Crippen LogP contribution in [0.1, 0.15) is 46.1 Å². The molecule has 0 unspecified atom stereocenters. The number of H-pyrrole nitrogens is 1. The standard InChI is InChI=1S/C12H14ClN7.C5H10/c1-6(2)20-5-8(9(13)19-20)16-12-17-10(14)7-3-4-15-11(7)18-12;1-2-5-3-4-5/h3-6H,1-2H3,(H4,14,15,16,17,18);5H,2-4H2,1H3. The summed E-state index contributed by atoms with van der Waals surface area (Å²) in [7, 11) is 0. The number of hydrogen-bond acceptors (Lipinski definition) is 5. The summed E-state index contributed by atoms with van der Waals surface area (Å²) in [5.41, 5.74) is 7.20. The number of fused-ring (bicyclic) bond motifs is 1. The van der Waals surface area contributed by atoms with Crippen molar-refractivity contribution < 1.29 is 0 Å². The van der Waals surface area contributed by atoms with E-state index < -0.39 is 0 Å². The molecule has 8 heteroatoms. The zero-order valence-corrected chi connectivity index (χ0v) is 15.5. The number of nitrogens with two attached hydrogens (primary N) is 1. The van der Waals surface area contributed by atoms with Gasteiger partial charge in [-0.25, -0.2) is 0 Å². The van der Waals surface area contributed by atoms with Crippen LogP contribution in [0.15, 0.2) is 18.5 Å². The van der Waals surface area contributed by atoms with Crippen molar-refractivity contribution in [2.75, 3.05) is 11.1 Å². The number of rotatable bonds is 4. The van der Waals surface area contributed by atoms with Crippen molar-refractivity contribution >= 4 is 40.1 Å². The molecule has 1 aliphatic carbocycles. The topological polar surface area (TPSA) is 97.4 Å². The molecule has 0 saturated heterocycles. The molecule has 0 atom stereocenters. The first kappa shape index (κ1) is 17.5. The average molecular weight is 362 g/mol. The molecule has 0 bridgehead atoms. The van der Waals surface area contributed by atoms with Gasteiger partial charge in [-0.15, -0.1) is 0 Å². The van der Waals surface area contributed by atoms with E-state index >= 15 is 0 Å². The fraction of sp³-hybridized carbons (Fsp3) is 0.471. The number of nitrogens with zero attached hydrogens (tertiary/aromatic N) is 4. The normalized spacial score (nSPS) is 13.8. The summed E-state index contributed by atoms with van der Waals surface area (Å²) in [5.74, 6) is 1.92. The molecular weight excluding hydrogens is 338 g/mol. The van der Waals surface area contributed by atoms with Crippen LogP contribution in [0, 0.1) is 5.92 Å². The Morgan fingerprint density at radius 1 is 1.40 bits per heavy atom. The lowest BCUT2D eigenvalue weighted by Gasteiger charge is -2.04. The number of aromatic nitrogens is 5. The number of hydrogen-bond donors (Lipinski definition) is 3. The summed E-state index contributed by atoms with van der Waals surface area (Å²) < 4.78 is 1.77. The van der Waals surface area contributed by atoms with Crippen LogP contribution in [0.5, 0.6) is 0 Å². The third kappa shape index (κ3) is 4.22. The van der Waals surface area contributed by atoms with E-state index in [4.69, 9.17) is 17.3 Å². The minimum absolute atomic E-state index is 0.222. The van der Waals surface area contributed by atoms with Crippen LogP contribution in [0.2, 0.25) is 5.15 Å². The summed E-state index contributed by atoms with van der Waals surface area (Å²) in [6.07, 6.45) is 8.02. The quantitative estimate of drug-likeness (QED) is 0.634. The van der Waals surface area contributed by atoms with Gasteiger partial charge in [0.05, 0.1) is 17.3 Å². The molecule has 7 nitrogen and oxygen atoms in total. The summed E-state index contributed by atoms with van der Waals surface area (Å²) >= 11 is 6.09. The van der Waals surface area contributed by atoms with Crippen molar-refractivity contribution in [2.24, 2.45) is 5.92 Å². The van der Waals surface area contributed by atoms with Gasteiger partial charge in [-0.05, 0) is 25.8 Å². The van der Waals surface area contributed by atoms with Gasteiger partial charge < -0.3 is 16.0 Å². The van der Waals surface area contributed by atoms with Crippen LogP contribution in [-0.4, -0.2) is 24.7 Å². The molecule has 3 aromatic rings. The molecule has 134 valence electrons. The predicted octanol–water partition coefficient (Wildman–Crippen LogP) is 4.52. The Morgan fingerprint density at radius 3 is 2.72 bits per heavy atom. The maximum atomic E-state index is 6.09. The van der Waals surface area contributed by atoms with Gasteiger partial charge in [-0.2, -0.15) is 15.1 Å². The van der Waals surface area contributed by atoms with E-state index in [-0.39, 0.29) is 6.04 Å². The Labute approximate surface area is 152 Å². The smallest absolute Gasteiger partial charge is 0.231 e. The lowest BCUT2D eigenvalue weighted by atomic mass is 10.3. The zero-order chi connectivity index (χ0) is 18.0. The molecule has 0 aliphatic heterocycles. The molecule has 3 heterocycles. The average Bonchev–Trinajstić information content (AvgIpc) is 3.18. The zero-order valence-electron chi connectivity index (χ0n) is 14.8. The molecule has 0 spiro atoms. The lowest BCUT2D eigenvalue weighted by Crippen LogP contribution is -2.01. The van der Waals surface area contributed by atoms with Gasteiger partial charge in [0.1, 0.15) is 11.5 Å². The van der Waals surface area contributed by atoms with Crippen LogP contribution in [0.25, 0.3) is 11.0 Å². The summed E-state index contributed by atoms with van der Waals surface area (Å²) in [6.45, 7) is 6.30. The fourth-order valence-electron chi connectivity index (χ4n) is 2.39. The molecule has 0 aromatic carbocycles. The van der Waals surface area contributed by atoms with Gasteiger partial charge in [0, 0.05) is 12.2 Å². The number of nitrogens with one attached hydrogen (secondary N) is 2. The van der Waals surface area contributed by atoms with Crippen molar-refractivity contribution in [2.45, 2.75) is 46.1 Å². The van der Waals surface area contributed by atoms with Gasteiger partial charge in [0.2, 0.25) is 5.95 Å². The Morgan fingerprint density at radius 2 is 2.16 bits per heavy atom. The highest BCUT2D eigenvalue weighted by atomic mass is 35.5. The molecule has 0 radical (unpaired) electrons. The molecule has 1 aliphatic rings. The van der Waals surface area contributed by atoms with E-state index in [9.17, 15) is 0 Å². The van der Waals surface area contributed by atoms with E-state index in [1.807, 2.05) is 26.1 Å². The highest BCUT2D eigenvalue weighted by Crippen LogP contribution is 2.31. The largest absolute Gasteiger partial charge is 0.383 e. The monoisotopic (exact) mass is 361 g/mol. The Kier molecular flexibility index (Phi) is 5.13. The first-order valence-corrected chi connectivity index (χ1v) is 8.98. The maximum Gasteiger partial charge on any atom is 0.231 e. The summed E-state index contributed by atoms with van der Waals surface area (Å²) in [4.78, 5) is 11.5. The minimum Gasteiger partial charge on any atom is -0.383 e. The molecule has 0 amide bonds. The highest BCUT2D eigenvalue weighted by Gasteiger charge is 2.17. The van der Waals surface area contributed by atoms with Gasteiger partial charge in [0.25, 0.3) is 0 Å². The second-order valence-electron chi connectivity index (χ2n) is 6.56. The summed E-state index contributed by atoms with van der Waals surface area (Å²) in [6, 6.07) is 2.05. The molecule has 1 fully saturated rings. The predicted molar refractivity (Wildman–Crippen MR) is 102 cm³/mol. The first-order chi connectivity index (χ1) is 12.0. The van der Waals surface area contributed by atoms with Crippen LogP contribution in [-0.2, 0) is 0 Å². The van der Waals surface area contributed by atoms with Crippen molar-refractivity contribution in [3.63, 3.8) is 0 Å². The van der Waals surface area contributed by atoms with Crippen LogP contribution >= 0.6 is 11.6 Å². The fourth-order valence-corrected chi connectivity index (χ4v) is 2.57. The Balaban J connectivity index is 0.000000314. The second-order valence-corrected chi connectivity index (χ2v) is 6.91. The Hall–Kier alpha value is -2.28. The Bertz CT molecular complexity index is 848. The number of halogens is 1. The number of nitrogen functional groups attached to an aromatic ring is 1. The van der Waals surface area contributed by atoms with E-state index in [0.717, 1.165) is 11.3 Å². The summed E-state index contributed by atoms with van der Waals surface area (Å²) in [5, 5.41) is 8.40. The number of anilines is 3. The van der Waals surface area contributed by atoms with Gasteiger partial charge in [0.15, 0.2) is 5.15 Å². The van der Waals surface area contributed by atoms with E-state index in [2.05, 4.69) is 32.3 Å². The van der Waals surface area contributed by atoms with Gasteiger partial charge in [-0.3, -0.25) is 4.68 Å². The van der Waals surface area contributed by atoms with Crippen molar-refractivity contribution in [3.8, 4) is 0 Å². The molecule has 4 rings (SSSR count). The first-order valence-electron chi connectivity index (χ1n) is 8.60. The molecular formula is C17H24ClN7. The van der Waals surface area contributed by atoms with Crippen LogP contribution in [0.4, 0.5) is 17.5 Å². The third-order valence-electron chi connectivity index (χ3n) is 4.18. The molecule has 25 heavy (non-hydrogen) atoms. The third-order valence-corrected chi connectivity index (χ3v) is 4.46. The highest BCUT2D eigenvalue weighted by molar-refractivity contribution is 6.32. The lowest BCUT2D eigenvalue weighted by molar-refractivity contribution is 0.533. The van der Waals surface area contributed by atoms with Crippen LogP contribution in [0.3, 0.4) is 0 Å². The number of aromatic amines is 1. The van der Waals surface area contributed by atoms with Crippen molar-refractivity contribution in [1.29, 1.82) is 0 Å². The molecule has 3 aromatic heterocycles. The van der Waals surface area contributed by atoms with Crippen LogP contribution < -0.4 is 11.1 Å². The molecule has 4 N–H and O–H groups in total. The molecule has 1 saturated carbocycles. The van der Waals surface area contributed by atoms with Gasteiger partial charge in [-0.1, -0.05) is 37.8 Å². The van der Waals surface area contributed by atoms with E-state index in [1.165, 1.54) is 19.3 Å². The maximum absolute atomic E-state index is 6.09. The second kappa shape index (κ2) is 7.31. The van der Waals surface area contributed by atoms with E-state index in [0.29, 0.717) is 28.3 Å². The minimum atomic E-state index is 0.222. The van der Waals surface area contributed by atoms with Crippen molar-refractivity contribution in [3.05, 3.63) is 23.6 Å². The van der Waals surface area contributed by atoms with Crippen molar-refractivity contribution in [1.82, 2.24) is 24.7 Å². The van der Waals surface area contributed by atoms with Gasteiger partial charge >= 0.3 is 0 Å².